The minimum Gasteiger partial charge on any atom is -0.382 e. The van der Waals surface area contributed by atoms with Gasteiger partial charge in [-0.1, -0.05) is 30.3 Å². The molecule has 1 aliphatic rings. The van der Waals surface area contributed by atoms with Crippen molar-refractivity contribution in [3.8, 4) is 0 Å². The van der Waals surface area contributed by atoms with E-state index in [-0.39, 0.29) is 5.54 Å². The zero-order valence-corrected chi connectivity index (χ0v) is 12.2. The van der Waals surface area contributed by atoms with Crippen molar-refractivity contribution in [2.75, 3.05) is 39.4 Å². The molecule has 1 unspecified atom stereocenters. The van der Waals surface area contributed by atoms with Crippen molar-refractivity contribution in [3.05, 3.63) is 35.9 Å². The number of nitrogens with one attached hydrogen (secondary N) is 1. The molecule has 0 radical (unpaired) electrons. The predicted octanol–water partition coefficient (Wildman–Crippen LogP) is 2.23. The number of piperazine rings is 1. The van der Waals surface area contributed by atoms with Crippen LogP contribution in [0.25, 0.3) is 0 Å². The van der Waals surface area contributed by atoms with E-state index >= 15 is 0 Å². The average molecular weight is 262 g/mol. The van der Waals surface area contributed by atoms with Gasteiger partial charge in [-0.2, -0.15) is 0 Å². The minimum atomic E-state index is 0.0745. The van der Waals surface area contributed by atoms with Gasteiger partial charge in [-0.25, -0.2) is 0 Å². The summed E-state index contributed by atoms with van der Waals surface area (Å²) < 4.78 is 5.42. The van der Waals surface area contributed by atoms with E-state index in [1.54, 1.807) is 0 Å². The summed E-state index contributed by atoms with van der Waals surface area (Å²) in [5.41, 5.74) is 1.45. The van der Waals surface area contributed by atoms with Crippen molar-refractivity contribution < 1.29 is 4.74 Å². The van der Waals surface area contributed by atoms with Crippen LogP contribution < -0.4 is 5.32 Å². The van der Waals surface area contributed by atoms with Crippen LogP contribution >= 0.6 is 0 Å². The molecule has 1 N–H and O–H groups in total. The smallest absolute Gasteiger partial charge is 0.0535 e. The van der Waals surface area contributed by atoms with Gasteiger partial charge in [-0.05, 0) is 25.8 Å². The first kappa shape index (κ1) is 14.5. The van der Waals surface area contributed by atoms with Gasteiger partial charge >= 0.3 is 0 Å². The number of hydrogen-bond acceptors (Lipinski definition) is 3. The molecule has 1 aromatic rings. The van der Waals surface area contributed by atoms with Gasteiger partial charge in [0.05, 0.1) is 5.54 Å². The number of hydrogen-bond donors (Lipinski definition) is 1. The molecule has 106 valence electrons. The van der Waals surface area contributed by atoms with Crippen LogP contribution in [-0.4, -0.2) is 44.3 Å². The Kier molecular flexibility index (Phi) is 5.37. The van der Waals surface area contributed by atoms with E-state index in [0.717, 1.165) is 45.8 Å². The van der Waals surface area contributed by atoms with E-state index in [1.807, 2.05) is 0 Å². The molecule has 1 fully saturated rings. The molecule has 0 aromatic heterocycles. The monoisotopic (exact) mass is 262 g/mol. The molecule has 19 heavy (non-hydrogen) atoms. The summed E-state index contributed by atoms with van der Waals surface area (Å²) in [6.07, 6.45) is 1.12. The highest BCUT2D eigenvalue weighted by Gasteiger charge is 2.31. The Labute approximate surface area is 116 Å². The number of ether oxygens (including phenoxy) is 1. The van der Waals surface area contributed by atoms with Crippen LogP contribution in [0.3, 0.4) is 0 Å². The van der Waals surface area contributed by atoms with Crippen LogP contribution in [0.4, 0.5) is 0 Å². The van der Waals surface area contributed by atoms with Crippen LogP contribution in [-0.2, 0) is 10.3 Å². The summed E-state index contributed by atoms with van der Waals surface area (Å²) >= 11 is 0. The average Bonchev–Trinajstić information content (AvgIpc) is 2.45. The quantitative estimate of drug-likeness (QED) is 0.796. The van der Waals surface area contributed by atoms with Gasteiger partial charge in [0.2, 0.25) is 0 Å². The fourth-order valence-corrected chi connectivity index (χ4v) is 2.80. The Hall–Kier alpha value is -0.900. The van der Waals surface area contributed by atoms with E-state index in [0.29, 0.717) is 0 Å². The summed E-state index contributed by atoms with van der Waals surface area (Å²) in [4.78, 5) is 2.54. The van der Waals surface area contributed by atoms with Crippen LogP contribution in [0.2, 0.25) is 0 Å². The molecule has 3 heteroatoms. The van der Waals surface area contributed by atoms with Gasteiger partial charge < -0.3 is 10.1 Å². The zero-order valence-electron chi connectivity index (χ0n) is 12.2. The van der Waals surface area contributed by atoms with E-state index in [1.165, 1.54) is 5.56 Å². The van der Waals surface area contributed by atoms with Crippen molar-refractivity contribution in [2.24, 2.45) is 0 Å². The Morgan fingerprint density at radius 2 is 2.11 bits per heavy atom. The van der Waals surface area contributed by atoms with Crippen LogP contribution in [0, 0.1) is 0 Å². The molecule has 1 aromatic carbocycles. The summed E-state index contributed by atoms with van der Waals surface area (Å²) in [6, 6.07) is 10.8. The third-order valence-electron chi connectivity index (χ3n) is 3.86. The Morgan fingerprint density at radius 3 is 2.84 bits per heavy atom. The second-order valence-electron chi connectivity index (χ2n) is 5.45. The first-order valence-electron chi connectivity index (χ1n) is 7.35. The molecule has 0 spiro atoms. The summed E-state index contributed by atoms with van der Waals surface area (Å²) in [5, 5.41) is 3.67. The van der Waals surface area contributed by atoms with Crippen molar-refractivity contribution >= 4 is 0 Å². The second-order valence-corrected chi connectivity index (χ2v) is 5.45. The first-order chi connectivity index (χ1) is 9.24. The number of benzene rings is 1. The van der Waals surface area contributed by atoms with Crippen molar-refractivity contribution in [3.63, 3.8) is 0 Å². The molecule has 1 atom stereocenters. The fraction of sp³-hybridized carbons (Fsp3) is 0.625. The maximum atomic E-state index is 5.42. The molecule has 0 saturated carbocycles. The van der Waals surface area contributed by atoms with Crippen LogP contribution in [0.5, 0.6) is 0 Å². The highest BCUT2D eigenvalue weighted by Crippen LogP contribution is 2.24. The maximum absolute atomic E-state index is 5.42. The third kappa shape index (κ3) is 4.03. The molecular weight excluding hydrogens is 236 g/mol. The van der Waals surface area contributed by atoms with Crippen molar-refractivity contribution in [1.29, 1.82) is 0 Å². The highest BCUT2D eigenvalue weighted by molar-refractivity contribution is 5.24. The molecule has 0 aliphatic carbocycles. The van der Waals surface area contributed by atoms with E-state index < -0.39 is 0 Å². The molecule has 2 rings (SSSR count). The normalized spacial score (nSPS) is 24.5. The summed E-state index contributed by atoms with van der Waals surface area (Å²) in [7, 11) is 0. The topological polar surface area (TPSA) is 24.5 Å². The van der Waals surface area contributed by atoms with Crippen LogP contribution in [0.1, 0.15) is 25.8 Å². The van der Waals surface area contributed by atoms with E-state index in [4.69, 9.17) is 4.74 Å². The zero-order chi connectivity index (χ0) is 13.6. The molecule has 1 saturated heterocycles. The lowest BCUT2D eigenvalue weighted by molar-refractivity contribution is 0.107. The Balaban J connectivity index is 1.89. The first-order valence-corrected chi connectivity index (χ1v) is 7.35. The van der Waals surface area contributed by atoms with Gasteiger partial charge in [0.1, 0.15) is 0 Å². The van der Waals surface area contributed by atoms with Gasteiger partial charge in [0, 0.05) is 39.4 Å². The molecule has 1 heterocycles. The van der Waals surface area contributed by atoms with Crippen molar-refractivity contribution in [2.45, 2.75) is 25.8 Å². The van der Waals surface area contributed by atoms with E-state index in [9.17, 15) is 0 Å². The molecule has 3 nitrogen and oxygen atoms in total. The fourth-order valence-electron chi connectivity index (χ4n) is 2.80. The SMILES string of the molecule is CCOCCCN1CCNC(C)(c2ccccc2)C1. The van der Waals surface area contributed by atoms with Crippen molar-refractivity contribution in [1.82, 2.24) is 10.2 Å². The lowest BCUT2D eigenvalue weighted by atomic mass is 9.89. The van der Waals surface area contributed by atoms with Crippen LogP contribution in [0.15, 0.2) is 30.3 Å². The predicted molar refractivity (Wildman–Crippen MR) is 79.3 cm³/mol. The number of nitrogens with zero attached hydrogens (tertiary/aromatic N) is 1. The Bertz CT molecular complexity index is 368. The van der Waals surface area contributed by atoms with Gasteiger partial charge in [0.25, 0.3) is 0 Å². The molecule has 0 bridgehead atoms. The summed E-state index contributed by atoms with van der Waals surface area (Å²) in [6.45, 7) is 10.4. The van der Waals surface area contributed by atoms with Gasteiger partial charge in [-0.15, -0.1) is 0 Å². The number of rotatable bonds is 6. The molecule has 0 amide bonds. The van der Waals surface area contributed by atoms with Gasteiger partial charge in [-0.3, -0.25) is 4.90 Å². The minimum absolute atomic E-state index is 0.0745. The molecule has 1 aliphatic heterocycles. The Morgan fingerprint density at radius 1 is 1.32 bits per heavy atom. The third-order valence-corrected chi connectivity index (χ3v) is 3.86. The maximum Gasteiger partial charge on any atom is 0.0535 e. The largest absolute Gasteiger partial charge is 0.382 e. The standard InChI is InChI=1S/C16H26N2O/c1-3-19-13-7-11-18-12-10-17-16(2,14-18)15-8-5-4-6-9-15/h4-6,8-9,17H,3,7,10-14H2,1-2H3. The second kappa shape index (κ2) is 7.04. The molecular formula is C16H26N2O. The lowest BCUT2D eigenvalue weighted by Gasteiger charge is -2.42. The van der Waals surface area contributed by atoms with Gasteiger partial charge in [0.15, 0.2) is 0 Å². The summed E-state index contributed by atoms with van der Waals surface area (Å²) in [5.74, 6) is 0. The highest BCUT2D eigenvalue weighted by atomic mass is 16.5. The lowest BCUT2D eigenvalue weighted by Crippen LogP contribution is -2.56. The van der Waals surface area contributed by atoms with E-state index in [2.05, 4.69) is 54.4 Å².